The Bertz CT molecular complexity index is 468. The van der Waals surface area contributed by atoms with Crippen molar-refractivity contribution in [3.63, 3.8) is 0 Å². The maximum Gasteiger partial charge on any atom is 0.0534 e. The fourth-order valence-electron chi connectivity index (χ4n) is 3.23. The van der Waals surface area contributed by atoms with Crippen LogP contribution in [0.15, 0.2) is 24.3 Å². The zero-order valence-electron chi connectivity index (χ0n) is 10.4. The minimum atomic E-state index is 0.174. The van der Waals surface area contributed by atoms with E-state index >= 15 is 0 Å². The molecule has 16 heavy (non-hydrogen) atoms. The predicted octanol–water partition coefficient (Wildman–Crippen LogP) is 3.63. The summed E-state index contributed by atoms with van der Waals surface area (Å²) in [5, 5.41) is 0. The first kappa shape index (κ1) is 9.95. The van der Waals surface area contributed by atoms with E-state index in [2.05, 4.69) is 49.9 Å². The topological polar surface area (TPSA) is 3.24 Å². The van der Waals surface area contributed by atoms with Crippen molar-refractivity contribution in [2.24, 2.45) is 0 Å². The van der Waals surface area contributed by atoms with E-state index < -0.39 is 0 Å². The van der Waals surface area contributed by atoms with Crippen molar-refractivity contribution in [2.45, 2.75) is 39.2 Å². The molecule has 0 amide bonds. The average Bonchev–Trinajstić information content (AvgIpc) is 2.25. The SMILES string of the molecule is CC1=CC(C)(C)N2CCCc3cccc1c32. The molecular weight excluding hydrogens is 194 g/mol. The number of hydrogen-bond donors (Lipinski definition) is 0. The van der Waals surface area contributed by atoms with E-state index in [0.717, 1.165) is 0 Å². The van der Waals surface area contributed by atoms with Crippen LogP contribution in [0.2, 0.25) is 0 Å². The minimum Gasteiger partial charge on any atom is -0.362 e. The molecule has 2 aliphatic rings. The number of nitrogens with zero attached hydrogens (tertiary/aromatic N) is 1. The van der Waals surface area contributed by atoms with Crippen LogP contribution in [-0.4, -0.2) is 12.1 Å². The van der Waals surface area contributed by atoms with Crippen LogP contribution in [0.5, 0.6) is 0 Å². The molecule has 2 heterocycles. The fraction of sp³-hybridized carbons (Fsp3) is 0.467. The van der Waals surface area contributed by atoms with Crippen molar-refractivity contribution in [2.75, 3.05) is 11.4 Å². The highest BCUT2D eigenvalue weighted by atomic mass is 15.2. The third-order valence-corrected chi connectivity index (χ3v) is 3.91. The summed E-state index contributed by atoms with van der Waals surface area (Å²) in [7, 11) is 0. The predicted molar refractivity (Wildman–Crippen MR) is 69.8 cm³/mol. The Hall–Kier alpha value is -1.24. The molecule has 1 heteroatoms. The maximum atomic E-state index is 2.58. The lowest BCUT2D eigenvalue weighted by atomic mass is 9.84. The lowest BCUT2D eigenvalue weighted by Gasteiger charge is -2.46. The lowest BCUT2D eigenvalue weighted by molar-refractivity contribution is 0.526. The summed E-state index contributed by atoms with van der Waals surface area (Å²) in [4.78, 5) is 2.58. The molecule has 1 aromatic carbocycles. The first-order valence-corrected chi connectivity index (χ1v) is 6.19. The first-order valence-electron chi connectivity index (χ1n) is 6.19. The number of rotatable bonds is 0. The maximum absolute atomic E-state index is 2.58. The third-order valence-electron chi connectivity index (χ3n) is 3.91. The number of hydrogen-bond acceptors (Lipinski definition) is 1. The summed E-state index contributed by atoms with van der Waals surface area (Å²) in [5.41, 5.74) is 6.08. The molecule has 0 saturated carbocycles. The number of benzene rings is 1. The molecule has 0 atom stereocenters. The van der Waals surface area contributed by atoms with Crippen molar-refractivity contribution < 1.29 is 0 Å². The first-order chi connectivity index (χ1) is 7.59. The van der Waals surface area contributed by atoms with Gasteiger partial charge in [-0.15, -0.1) is 0 Å². The molecule has 0 radical (unpaired) electrons. The molecular formula is C15H19N. The van der Waals surface area contributed by atoms with Crippen LogP contribution in [0.4, 0.5) is 5.69 Å². The van der Waals surface area contributed by atoms with Gasteiger partial charge in [0.25, 0.3) is 0 Å². The standard InChI is InChI=1S/C15H19N/c1-11-10-15(2,3)16-9-5-7-12-6-4-8-13(11)14(12)16/h4,6,8,10H,5,7,9H2,1-3H3. The van der Waals surface area contributed by atoms with Crippen molar-refractivity contribution in [1.29, 1.82) is 0 Å². The lowest BCUT2D eigenvalue weighted by Crippen LogP contribution is -2.47. The van der Waals surface area contributed by atoms with Gasteiger partial charge < -0.3 is 4.90 Å². The largest absolute Gasteiger partial charge is 0.362 e. The quantitative estimate of drug-likeness (QED) is 0.636. The summed E-state index contributed by atoms with van der Waals surface area (Å²) < 4.78 is 0. The van der Waals surface area contributed by atoms with Crippen molar-refractivity contribution in [1.82, 2.24) is 0 Å². The Morgan fingerprint density at radius 1 is 1.25 bits per heavy atom. The van der Waals surface area contributed by atoms with Gasteiger partial charge in [-0.25, -0.2) is 0 Å². The monoisotopic (exact) mass is 213 g/mol. The Balaban J connectivity index is 2.29. The van der Waals surface area contributed by atoms with E-state index in [4.69, 9.17) is 0 Å². The fourth-order valence-corrected chi connectivity index (χ4v) is 3.23. The number of anilines is 1. The molecule has 2 aliphatic heterocycles. The van der Waals surface area contributed by atoms with Crippen LogP contribution >= 0.6 is 0 Å². The van der Waals surface area contributed by atoms with E-state index in [0.29, 0.717) is 0 Å². The second-order valence-corrected chi connectivity index (χ2v) is 5.55. The molecule has 0 saturated heterocycles. The number of para-hydroxylation sites is 1. The van der Waals surface area contributed by atoms with Gasteiger partial charge in [-0.05, 0) is 44.7 Å². The molecule has 0 aliphatic carbocycles. The average molecular weight is 213 g/mol. The van der Waals surface area contributed by atoms with Crippen LogP contribution in [0, 0.1) is 0 Å². The highest BCUT2D eigenvalue weighted by Crippen LogP contribution is 2.43. The van der Waals surface area contributed by atoms with Crippen LogP contribution in [0.1, 0.15) is 38.3 Å². The molecule has 0 bridgehead atoms. The molecule has 0 unspecified atom stereocenters. The van der Waals surface area contributed by atoms with Gasteiger partial charge in [0, 0.05) is 17.8 Å². The van der Waals surface area contributed by atoms with Gasteiger partial charge in [-0.3, -0.25) is 0 Å². The highest BCUT2D eigenvalue weighted by Gasteiger charge is 2.34. The zero-order chi connectivity index (χ0) is 11.3. The minimum absolute atomic E-state index is 0.174. The van der Waals surface area contributed by atoms with Crippen molar-refractivity contribution in [3.05, 3.63) is 35.4 Å². The van der Waals surface area contributed by atoms with Crippen LogP contribution < -0.4 is 4.90 Å². The third kappa shape index (κ3) is 1.24. The van der Waals surface area contributed by atoms with E-state index in [1.165, 1.54) is 41.8 Å². The summed E-state index contributed by atoms with van der Waals surface area (Å²) >= 11 is 0. The van der Waals surface area contributed by atoms with E-state index in [1.807, 2.05) is 0 Å². The van der Waals surface area contributed by atoms with Gasteiger partial charge in [0.15, 0.2) is 0 Å². The van der Waals surface area contributed by atoms with Gasteiger partial charge in [0.05, 0.1) is 5.54 Å². The summed E-state index contributed by atoms with van der Waals surface area (Å²) in [6, 6.07) is 6.76. The Morgan fingerprint density at radius 2 is 2.06 bits per heavy atom. The Labute approximate surface area is 97.8 Å². The zero-order valence-corrected chi connectivity index (χ0v) is 10.4. The Kier molecular flexibility index (Phi) is 1.95. The number of aryl methyl sites for hydroxylation is 1. The van der Waals surface area contributed by atoms with Gasteiger partial charge in [-0.2, -0.15) is 0 Å². The van der Waals surface area contributed by atoms with E-state index in [1.54, 1.807) is 0 Å². The molecule has 1 aromatic rings. The van der Waals surface area contributed by atoms with E-state index in [9.17, 15) is 0 Å². The highest BCUT2D eigenvalue weighted by molar-refractivity contribution is 5.83. The smallest absolute Gasteiger partial charge is 0.0534 e. The van der Waals surface area contributed by atoms with Crippen LogP contribution in [0.25, 0.3) is 5.57 Å². The molecule has 0 fully saturated rings. The van der Waals surface area contributed by atoms with Crippen LogP contribution in [-0.2, 0) is 6.42 Å². The number of allylic oxidation sites excluding steroid dienone is 1. The van der Waals surface area contributed by atoms with Gasteiger partial charge in [0.1, 0.15) is 0 Å². The Morgan fingerprint density at radius 3 is 2.88 bits per heavy atom. The van der Waals surface area contributed by atoms with Gasteiger partial charge in [0.2, 0.25) is 0 Å². The molecule has 0 aromatic heterocycles. The molecule has 0 N–H and O–H groups in total. The molecule has 84 valence electrons. The van der Waals surface area contributed by atoms with Crippen molar-refractivity contribution >= 4 is 11.3 Å². The second kappa shape index (κ2) is 3.13. The molecule has 1 nitrogen and oxygen atoms in total. The van der Waals surface area contributed by atoms with E-state index in [-0.39, 0.29) is 5.54 Å². The summed E-state index contributed by atoms with van der Waals surface area (Å²) in [5.74, 6) is 0. The van der Waals surface area contributed by atoms with Gasteiger partial charge >= 0.3 is 0 Å². The van der Waals surface area contributed by atoms with Crippen LogP contribution in [0.3, 0.4) is 0 Å². The summed E-state index contributed by atoms with van der Waals surface area (Å²) in [6.07, 6.45) is 4.93. The summed E-state index contributed by atoms with van der Waals surface area (Å²) in [6.45, 7) is 8.08. The molecule has 0 spiro atoms. The normalized spacial score (nSPS) is 21.4. The van der Waals surface area contributed by atoms with Crippen molar-refractivity contribution in [3.8, 4) is 0 Å². The molecule has 3 rings (SSSR count). The van der Waals surface area contributed by atoms with Gasteiger partial charge in [-0.1, -0.05) is 24.3 Å². The second-order valence-electron chi connectivity index (χ2n) is 5.55.